The molecule has 1 aromatic carbocycles. The van der Waals surface area contributed by atoms with Crippen molar-refractivity contribution in [2.75, 3.05) is 6.54 Å². The van der Waals surface area contributed by atoms with Crippen LogP contribution in [-0.4, -0.2) is 23.4 Å². The highest BCUT2D eigenvalue weighted by atomic mass is 35.5. The number of rotatable bonds is 7. The summed E-state index contributed by atoms with van der Waals surface area (Å²) >= 11 is 0. The van der Waals surface area contributed by atoms with Crippen LogP contribution < -0.4 is 5.73 Å². The van der Waals surface area contributed by atoms with E-state index in [1.165, 1.54) is 0 Å². The summed E-state index contributed by atoms with van der Waals surface area (Å²) in [4.78, 5) is 14.4. The number of carbonyl (C=O) groups is 1. The van der Waals surface area contributed by atoms with Crippen LogP contribution in [0, 0.1) is 0 Å². The first-order valence-corrected chi connectivity index (χ1v) is 8.06. The second-order valence-corrected chi connectivity index (χ2v) is 5.97. The number of carbonyl (C=O) groups excluding carboxylic acids is 1. The van der Waals surface area contributed by atoms with Gasteiger partial charge < -0.3 is 15.1 Å². The number of benzene rings is 1. The molecule has 1 heterocycles. The SMILES string of the molecule is CCCN(C(=O)CCC(C)N)C(C)c1cc2ccccc2o1.Cl. The molecule has 0 aliphatic rings. The van der Waals surface area contributed by atoms with Gasteiger partial charge in [-0.15, -0.1) is 12.4 Å². The molecule has 5 heteroatoms. The molecule has 0 aliphatic carbocycles. The van der Waals surface area contributed by atoms with Crippen molar-refractivity contribution in [2.45, 2.75) is 52.1 Å². The van der Waals surface area contributed by atoms with Crippen LogP contribution in [-0.2, 0) is 4.79 Å². The van der Waals surface area contributed by atoms with E-state index in [4.69, 9.17) is 10.2 Å². The van der Waals surface area contributed by atoms with Crippen LogP contribution in [0.4, 0.5) is 0 Å². The molecule has 0 saturated heterocycles. The molecule has 0 aliphatic heterocycles. The van der Waals surface area contributed by atoms with Crippen molar-refractivity contribution >= 4 is 29.3 Å². The van der Waals surface area contributed by atoms with Crippen molar-refractivity contribution in [1.82, 2.24) is 4.90 Å². The molecule has 4 nitrogen and oxygen atoms in total. The van der Waals surface area contributed by atoms with E-state index in [9.17, 15) is 4.79 Å². The molecule has 23 heavy (non-hydrogen) atoms. The van der Waals surface area contributed by atoms with Crippen molar-refractivity contribution in [2.24, 2.45) is 5.73 Å². The average Bonchev–Trinajstić information content (AvgIpc) is 2.93. The molecular weight excluding hydrogens is 312 g/mol. The van der Waals surface area contributed by atoms with E-state index in [0.717, 1.165) is 29.7 Å². The number of furan rings is 1. The molecule has 0 fully saturated rings. The van der Waals surface area contributed by atoms with E-state index in [0.29, 0.717) is 12.8 Å². The topological polar surface area (TPSA) is 59.5 Å². The fraction of sp³-hybridized carbons (Fsp3) is 0.500. The van der Waals surface area contributed by atoms with Gasteiger partial charge in [0, 0.05) is 24.4 Å². The van der Waals surface area contributed by atoms with Gasteiger partial charge >= 0.3 is 0 Å². The lowest BCUT2D eigenvalue weighted by molar-refractivity contribution is -0.134. The molecule has 0 spiro atoms. The molecule has 2 unspecified atom stereocenters. The summed E-state index contributed by atoms with van der Waals surface area (Å²) in [5.74, 6) is 0.982. The first-order valence-electron chi connectivity index (χ1n) is 8.06. The van der Waals surface area contributed by atoms with Crippen LogP contribution in [0.25, 0.3) is 11.0 Å². The first-order chi connectivity index (χ1) is 10.5. The monoisotopic (exact) mass is 338 g/mol. The lowest BCUT2D eigenvalue weighted by Crippen LogP contribution is -2.34. The lowest BCUT2D eigenvalue weighted by Gasteiger charge is -2.28. The number of para-hydroxylation sites is 1. The Morgan fingerprint density at radius 2 is 2.00 bits per heavy atom. The van der Waals surface area contributed by atoms with Crippen molar-refractivity contribution in [3.8, 4) is 0 Å². The maximum absolute atomic E-state index is 12.5. The smallest absolute Gasteiger partial charge is 0.223 e. The van der Waals surface area contributed by atoms with Crippen LogP contribution in [0.15, 0.2) is 34.7 Å². The van der Waals surface area contributed by atoms with Crippen LogP contribution in [0.3, 0.4) is 0 Å². The third kappa shape index (κ3) is 4.98. The van der Waals surface area contributed by atoms with E-state index in [2.05, 4.69) is 6.92 Å². The van der Waals surface area contributed by atoms with Gasteiger partial charge in [-0.2, -0.15) is 0 Å². The molecule has 1 aromatic heterocycles. The highest BCUT2D eigenvalue weighted by Gasteiger charge is 2.23. The average molecular weight is 339 g/mol. The molecule has 0 bridgehead atoms. The van der Waals surface area contributed by atoms with Gasteiger partial charge in [-0.05, 0) is 38.8 Å². The van der Waals surface area contributed by atoms with Crippen LogP contribution in [0.5, 0.6) is 0 Å². The Kier molecular flexibility index (Phi) is 7.59. The van der Waals surface area contributed by atoms with Crippen LogP contribution in [0.2, 0.25) is 0 Å². The van der Waals surface area contributed by atoms with E-state index in [1.807, 2.05) is 49.1 Å². The summed E-state index contributed by atoms with van der Waals surface area (Å²) < 4.78 is 5.91. The summed E-state index contributed by atoms with van der Waals surface area (Å²) in [5.41, 5.74) is 6.63. The number of fused-ring (bicyclic) bond motifs is 1. The van der Waals surface area contributed by atoms with E-state index in [-0.39, 0.29) is 30.4 Å². The van der Waals surface area contributed by atoms with Gasteiger partial charge in [0.05, 0.1) is 6.04 Å². The maximum Gasteiger partial charge on any atom is 0.223 e. The number of halogens is 1. The number of nitrogens with zero attached hydrogens (tertiary/aromatic N) is 1. The van der Waals surface area contributed by atoms with Gasteiger partial charge in [0.15, 0.2) is 0 Å². The predicted molar refractivity (Wildman–Crippen MR) is 96.8 cm³/mol. The number of nitrogens with two attached hydrogens (primary N) is 1. The Morgan fingerprint density at radius 1 is 1.30 bits per heavy atom. The molecule has 2 rings (SSSR count). The van der Waals surface area contributed by atoms with Gasteiger partial charge in [0.1, 0.15) is 11.3 Å². The minimum atomic E-state index is -0.0621. The summed E-state index contributed by atoms with van der Waals surface area (Å²) in [7, 11) is 0. The lowest BCUT2D eigenvalue weighted by atomic mass is 10.1. The Balaban J connectivity index is 0.00000264. The van der Waals surface area contributed by atoms with E-state index < -0.39 is 0 Å². The van der Waals surface area contributed by atoms with Crippen LogP contribution in [0.1, 0.15) is 51.8 Å². The molecule has 2 atom stereocenters. The summed E-state index contributed by atoms with van der Waals surface area (Å²) in [5, 5.41) is 1.07. The predicted octanol–water partition coefficient (Wildman–Crippen LogP) is 4.28. The van der Waals surface area contributed by atoms with Crippen molar-refractivity contribution < 1.29 is 9.21 Å². The standard InChI is InChI=1S/C18H26N2O2.ClH/c1-4-11-20(18(21)10-9-13(2)19)14(3)17-12-15-7-5-6-8-16(15)22-17;/h5-8,12-14H,4,9-11,19H2,1-3H3;1H. The van der Waals surface area contributed by atoms with Gasteiger partial charge in [-0.1, -0.05) is 25.1 Å². The number of hydrogen-bond donors (Lipinski definition) is 1. The van der Waals surface area contributed by atoms with E-state index >= 15 is 0 Å². The van der Waals surface area contributed by atoms with Gasteiger partial charge in [0.2, 0.25) is 5.91 Å². The summed E-state index contributed by atoms with van der Waals surface area (Å²) in [6.45, 7) is 6.77. The first kappa shape index (κ1) is 19.5. The minimum absolute atomic E-state index is 0. The molecule has 2 N–H and O–H groups in total. The molecule has 2 aromatic rings. The molecular formula is C18H27ClN2O2. The fourth-order valence-corrected chi connectivity index (χ4v) is 2.63. The zero-order chi connectivity index (χ0) is 16.1. The highest BCUT2D eigenvalue weighted by Crippen LogP contribution is 2.28. The van der Waals surface area contributed by atoms with Crippen molar-refractivity contribution in [3.63, 3.8) is 0 Å². The maximum atomic E-state index is 12.5. The fourth-order valence-electron chi connectivity index (χ4n) is 2.63. The Labute approximate surface area is 144 Å². The number of amides is 1. The normalized spacial score (nSPS) is 13.4. The van der Waals surface area contributed by atoms with Crippen molar-refractivity contribution in [3.05, 3.63) is 36.1 Å². The van der Waals surface area contributed by atoms with Crippen molar-refractivity contribution in [1.29, 1.82) is 0 Å². The Morgan fingerprint density at radius 3 is 2.61 bits per heavy atom. The zero-order valence-corrected chi connectivity index (χ0v) is 14.9. The second-order valence-electron chi connectivity index (χ2n) is 5.97. The number of hydrogen-bond acceptors (Lipinski definition) is 3. The van der Waals surface area contributed by atoms with Gasteiger partial charge in [0.25, 0.3) is 0 Å². The molecule has 128 valence electrons. The quantitative estimate of drug-likeness (QED) is 0.819. The zero-order valence-electron chi connectivity index (χ0n) is 14.1. The Bertz CT molecular complexity index is 591. The molecule has 0 saturated carbocycles. The third-order valence-electron chi connectivity index (χ3n) is 3.92. The Hall–Kier alpha value is -1.52. The second kappa shape index (κ2) is 8.94. The van der Waals surface area contributed by atoms with Gasteiger partial charge in [-0.25, -0.2) is 0 Å². The third-order valence-corrected chi connectivity index (χ3v) is 3.92. The highest BCUT2D eigenvalue weighted by molar-refractivity contribution is 5.85. The van der Waals surface area contributed by atoms with Crippen LogP contribution >= 0.6 is 12.4 Å². The summed E-state index contributed by atoms with van der Waals surface area (Å²) in [6.07, 6.45) is 2.13. The molecule has 1 amide bonds. The summed E-state index contributed by atoms with van der Waals surface area (Å²) in [6, 6.07) is 9.94. The molecule has 0 radical (unpaired) electrons. The van der Waals surface area contributed by atoms with Gasteiger partial charge in [-0.3, -0.25) is 4.79 Å². The largest absolute Gasteiger partial charge is 0.459 e. The minimum Gasteiger partial charge on any atom is -0.459 e. The van der Waals surface area contributed by atoms with E-state index in [1.54, 1.807) is 0 Å².